The zero-order valence-corrected chi connectivity index (χ0v) is 13.2. The molecule has 0 aliphatic heterocycles. The van der Waals surface area contributed by atoms with Crippen LogP contribution in [0.2, 0.25) is 0 Å². The number of Topliss-reactive ketones (excluding diaryl/α,β-unsaturated/α-hetero) is 1. The molecule has 4 heteroatoms. The van der Waals surface area contributed by atoms with Crippen LogP contribution in [0.25, 0.3) is 0 Å². The largest absolute Gasteiger partial charge is 0.468 e. The van der Waals surface area contributed by atoms with Crippen LogP contribution in [0.1, 0.15) is 45.4 Å². The van der Waals surface area contributed by atoms with Gasteiger partial charge in [-0.2, -0.15) is 0 Å². The molecule has 0 saturated heterocycles. The van der Waals surface area contributed by atoms with Crippen molar-refractivity contribution in [2.75, 3.05) is 7.11 Å². The number of ether oxygens (including phenoxy) is 1. The molecule has 3 aliphatic rings. The first kappa shape index (κ1) is 15.2. The van der Waals surface area contributed by atoms with E-state index in [4.69, 9.17) is 4.74 Å². The molecule has 0 amide bonds. The van der Waals surface area contributed by atoms with Crippen LogP contribution in [0.4, 0.5) is 0 Å². The Morgan fingerprint density at radius 2 is 2.09 bits per heavy atom. The first-order valence-corrected chi connectivity index (χ1v) is 7.94. The van der Waals surface area contributed by atoms with Crippen LogP contribution in [-0.4, -0.2) is 25.1 Å². The third kappa shape index (κ3) is 1.93. The van der Waals surface area contributed by atoms with E-state index < -0.39 is 10.8 Å². The summed E-state index contributed by atoms with van der Waals surface area (Å²) in [5.74, 6) is -0.0398. The molecular weight excluding hydrogens is 280 g/mol. The SMILES string of the molecule is COC(=O)[C@]12CCC=C1[C@H]1CC=C(C=O)CC(=O)[C@]1(C)CC2. The molecule has 0 unspecified atom stereocenters. The summed E-state index contributed by atoms with van der Waals surface area (Å²) in [5.41, 5.74) is 0.626. The number of methoxy groups -OCH3 is 1. The number of aldehydes is 1. The Kier molecular flexibility index (Phi) is 3.58. The highest BCUT2D eigenvalue weighted by Gasteiger charge is 2.58. The number of fused-ring (bicyclic) bond motifs is 3. The topological polar surface area (TPSA) is 60.4 Å². The summed E-state index contributed by atoms with van der Waals surface area (Å²) in [6.45, 7) is 2.00. The van der Waals surface area contributed by atoms with Crippen molar-refractivity contribution in [2.45, 2.75) is 45.4 Å². The lowest BCUT2D eigenvalue weighted by atomic mass is 9.54. The van der Waals surface area contributed by atoms with Crippen molar-refractivity contribution >= 4 is 18.0 Å². The van der Waals surface area contributed by atoms with Crippen LogP contribution in [0, 0.1) is 16.7 Å². The molecule has 0 spiro atoms. The molecule has 22 heavy (non-hydrogen) atoms. The van der Waals surface area contributed by atoms with Crippen LogP contribution in [0.3, 0.4) is 0 Å². The van der Waals surface area contributed by atoms with Gasteiger partial charge >= 0.3 is 5.97 Å². The van der Waals surface area contributed by atoms with Crippen molar-refractivity contribution in [3.63, 3.8) is 0 Å². The smallest absolute Gasteiger partial charge is 0.315 e. The van der Waals surface area contributed by atoms with Crippen LogP contribution >= 0.6 is 0 Å². The van der Waals surface area contributed by atoms with Gasteiger partial charge in [-0.1, -0.05) is 24.6 Å². The standard InChI is InChI=1S/C18H22O4/c1-17-8-9-18(16(21)22-2)7-3-4-14(18)13(17)6-5-12(11-19)10-15(17)20/h4-5,11,13H,3,6-10H2,1-2H3/t13-,17-,18+/m1/s1. The molecule has 0 aromatic heterocycles. The molecule has 118 valence electrons. The minimum atomic E-state index is -0.543. The summed E-state index contributed by atoms with van der Waals surface area (Å²) in [4.78, 5) is 36.3. The maximum Gasteiger partial charge on any atom is 0.315 e. The predicted molar refractivity (Wildman–Crippen MR) is 81.0 cm³/mol. The average molecular weight is 302 g/mol. The van der Waals surface area contributed by atoms with Crippen molar-refractivity contribution < 1.29 is 19.1 Å². The number of hydrogen-bond donors (Lipinski definition) is 0. The van der Waals surface area contributed by atoms with Crippen LogP contribution < -0.4 is 0 Å². The number of rotatable bonds is 2. The first-order valence-electron chi connectivity index (χ1n) is 7.94. The fraction of sp³-hybridized carbons (Fsp3) is 0.611. The summed E-state index contributed by atoms with van der Waals surface area (Å²) in [7, 11) is 1.43. The molecule has 4 nitrogen and oxygen atoms in total. The molecule has 0 bridgehead atoms. The van der Waals surface area contributed by atoms with Gasteiger partial charge in [0.25, 0.3) is 0 Å². The summed E-state index contributed by atoms with van der Waals surface area (Å²) < 4.78 is 5.07. The fourth-order valence-electron chi connectivity index (χ4n) is 4.61. The second-order valence-electron chi connectivity index (χ2n) is 6.97. The van der Waals surface area contributed by atoms with Crippen LogP contribution in [0.15, 0.2) is 23.3 Å². The first-order chi connectivity index (χ1) is 10.5. The highest BCUT2D eigenvalue weighted by atomic mass is 16.5. The van der Waals surface area contributed by atoms with Gasteiger partial charge in [0.15, 0.2) is 0 Å². The van der Waals surface area contributed by atoms with Gasteiger partial charge in [-0.05, 0) is 43.6 Å². The number of allylic oxidation sites excluding steroid dienone is 3. The van der Waals surface area contributed by atoms with Crippen LogP contribution in [0.5, 0.6) is 0 Å². The molecule has 0 radical (unpaired) electrons. The molecular formula is C18H22O4. The summed E-state index contributed by atoms with van der Waals surface area (Å²) in [5, 5.41) is 0. The maximum atomic E-state index is 12.7. The summed E-state index contributed by atoms with van der Waals surface area (Å²) in [6.07, 6.45) is 8.66. The zero-order chi connectivity index (χ0) is 16.0. The van der Waals surface area contributed by atoms with E-state index in [9.17, 15) is 14.4 Å². The molecule has 3 rings (SSSR count). The third-order valence-electron chi connectivity index (χ3n) is 6.05. The average Bonchev–Trinajstić information content (AvgIpc) is 2.91. The van der Waals surface area contributed by atoms with Gasteiger partial charge in [0, 0.05) is 11.8 Å². The van der Waals surface area contributed by atoms with Gasteiger partial charge in [0.1, 0.15) is 12.1 Å². The quantitative estimate of drug-likeness (QED) is 0.447. The molecule has 1 fully saturated rings. The molecule has 3 atom stereocenters. The van der Waals surface area contributed by atoms with Crippen molar-refractivity contribution in [2.24, 2.45) is 16.7 Å². The van der Waals surface area contributed by atoms with Gasteiger partial charge in [-0.15, -0.1) is 0 Å². The number of carbonyl (C=O) groups excluding carboxylic acids is 3. The minimum Gasteiger partial charge on any atom is -0.468 e. The normalized spacial score (nSPS) is 37.4. The maximum absolute atomic E-state index is 12.7. The molecule has 0 heterocycles. The van der Waals surface area contributed by atoms with Crippen molar-refractivity contribution in [1.82, 2.24) is 0 Å². The Morgan fingerprint density at radius 1 is 1.32 bits per heavy atom. The van der Waals surface area contributed by atoms with Crippen molar-refractivity contribution in [1.29, 1.82) is 0 Å². The number of esters is 1. The Morgan fingerprint density at radius 3 is 2.77 bits per heavy atom. The van der Waals surface area contributed by atoms with E-state index in [1.54, 1.807) is 0 Å². The Labute approximate surface area is 130 Å². The lowest BCUT2D eigenvalue weighted by Crippen LogP contribution is -2.48. The summed E-state index contributed by atoms with van der Waals surface area (Å²) >= 11 is 0. The predicted octanol–water partition coefficient (Wildman–Crippen LogP) is 2.77. The number of ketones is 1. The van der Waals surface area contributed by atoms with Crippen LogP contribution in [-0.2, 0) is 19.1 Å². The monoisotopic (exact) mass is 302 g/mol. The molecule has 0 N–H and O–H groups in total. The van der Waals surface area contributed by atoms with Crippen molar-refractivity contribution in [3.8, 4) is 0 Å². The molecule has 1 saturated carbocycles. The van der Waals surface area contributed by atoms with E-state index in [2.05, 4.69) is 6.08 Å². The Balaban J connectivity index is 2.05. The van der Waals surface area contributed by atoms with Gasteiger partial charge < -0.3 is 4.74 Å². The zero-order valence-electron chi connectivity index (χ0n) is 13.2. The highest BCUT2D eigenvalue weighted by molar-refractivity contribution is 5.94. The molecule has 0 aromatic rings. The van der Waals surface area contributed by atoms with Gasteiger partial charge in [0.2, 0.25) is 0 Å². The molecule has 0 aromatic carbocycles. The second kappa shape index (κ2) is 5.18. The Hall–Kier alpha value is -1.71. The van der Waals surface area contributed by atoms with Crippen molar-refractivity contribution in [3.05, 3.63) is 23.3 Å². The number of hydrogen-bond acceptors (Lipinski definition) is 4. The van der Waals surface area contributed by atoms with Gasteiger partial charge in [-0.25, -0.2) is 0 Å². The van der Waals surface area contributed by atoms with E-state index >= 15 is 0 Å². The lowest BCUT2D eigenvalue weighted by molar-refractivity contribution is -0.155. The van der Waals surface area contributed by atoms with E-state index in [0.717, 1.165) is 24.7 Å². The minimum absolute atomic E-state index is 0.00722. The third-order valence-corrected chi connectivity index (χ3v) is 6.05. The van der Waals surface area contributed by atoms with E-state index in [-0.39, 0.29) is 24.1 Å². The molecule has 3 aliphatic carbocycles. The number of carbonyl (C=O) groups is 3. The van der Waals surface area contributed by atoms with Gasteiger partial charge in [-0.3, -0.25) is 14.4 Å². The fourth-order valence-corrected chi connectivity index (χ4v) is 4.61. The van der Waals surface area contributed by atoms with E-state index in [1.807, 2.05) is 13.0 Å². The van der Waals surface area contributed by atoms with E-state index in [0.29, 0.717) is 24.8 Å². The highest BCUT2D eigenvalue weighted by Crippen LogP contribution is 2.60. The van der Waals surface area contributed by atoms with E-state index in [1.165, 1.54) is 7.11 Å². The summed E-state index contributed by atoms with van der Waals surface area (Å²) in [6, 6.07) is 0. The van der Waals surface area contributed by atoms with Gasteiger partial charge in [0.05, 0.1) is 12.5 Å². The lowest BCUT2D eigenvalue weighted by Gasteiger charge is -2.47. The second-order valence-corrected chi connectivity index (χ2v) is 6.97. The Bertz CT molecular complexity index is 600.